The van der Waals surface area contributed by atoms with Gasteiger partial charge in [0.2, 0.25) is 0 Å². The lowest BCUT2D eigenvalue weighted by molar-refractivity contribution is 0.0636. The van der Waals surface area contributed by atoms with Gasteiger partial charge in [-0.05, 0) is 38.7 Å². The van der Waals surface area contributed by atoms with Crippen molar-refractivity contribution in [2.75, 3.05) is 18.4 Å². The van der Waals surface area contributed by atoms with Crippen molar-refractivity contribution in [3.8, 4) is 0 Å². The molecule has 5 heteroatoms. The largest absolute Gasteiger partial charge is 0.370 e. The van der Waals surface area contributed by atoms with Crippen LogP contribution in [0.3, 0.4) is 0 Å². The average Bonchev–Trinajstić information content (AvgIpc) is 2.46. The molecule has 0 saturated carbocycles. The molecule has 1 unspecified atom stereocenters. The predicted octanol–water partition coefficient (Wildman–Crippen LogP) is 3.57. The maximum Gasteiger partial charge on any atom is 0.255 e. The summed E-state index contributed by atoms with van der Waals surface area (Å²) in [4.78, 5) is 18.8. The molecule has 2 rings (SSSR count). The quantitative estimate of drug-likeness (QED) is 0.923. The Morgan fingerprint density at radius 2 is 2.35 bits per heavy atom. The molecule has 20 heavy (non-hydrogen) atoms. The Kier molecular flexibility index (Phi) is 5.24. The zero-order valence-corrected chi connectivity index (χ0v) is 12.9. The standard InChI is InChI=1S/C15H22ClN3O/c1-3-7-17-14-9-12(13(16)10-18-14)15(20)19-8-5-4-6-11(19)2/h9-11H,3-8H2,1-2H3,(H,17,18). The molecule has 0 spiro atoms. The number of nitrogens with zero attached hydrogens (tertiary/aromatic N) is 2. The molecule has 0 bridgehead atoms. The zero-order valence-electron chi connectivity index (χ0n) is 12.2. The highest BCUT2D eigenvalue weighted by Crippen LogP contribution is 2.24. The Balaban J connectivity index is 2.19. The van der Waals surface area contributed by atoms with Crippen LogP contribution in [0, 0.1) is 0 Å². The van der Waals surface area contributed by atoms with Gasteiger partial charge in [0, 0.05) is 25.3 Å². The fourth-order valence-corrected chi connectivity index (χ4v) is 2.69. The highest BCUT2D eigenvalue weighted by molar-refractivity contribution is 6.33. The summed E-state index contributed by atoms with van der Waals surface area (Å²) >= 11 is 6.15. The van der Waals surface area contributed by atoms with E-state index in [9.17, 15) is 4.79 Å². The smallest absolute Gasteiger partial charge is 0.255 e. The number of amides is 1. The minimum atomic E-state index is 0.0177. The summed E-state index contributed by atoms with van der Waals surface area (Å²) in [6.07, 6.45) is 5.89. The third-order valence-electron chi connectivity index (χ3n) is 3.71. The SMILES string of the molecule is CCCNc1cc(C(=O)N2CCCCC2C)c(Cl)cn1. The van der Waals surface area contributed by atoms with Gasteiger partial charge >= 0.3 is 0 Å². The number of aromatic nitrogens is 1. The van der Waals surface area contributed by atoms with Crippen LogP contribution in [-0.4, -0.2) is 34.9 Å². The van der Waals surface area contributed by atoms with Gasteiger partial charge < -0.3 is 10.2 Å². The highest BCUT2D eigenvalue weighted by Gasteiger charge is 2.26. The number of hydrogen-bond acceptors (Lipinski definition) is 3. The van der Waals surface area contributed by atoms with E-state index in [4.69, 9.17) is 11.6 Å². The van der Waals surface area contributed by atoms with Gasteiger partial charge in [-0.2, -0.15) is 0 Å². The van der Waals surface area contributed by atoms with Gasteiger partial charge in [-0.15, -0.1) is 0 Å². The molecule has 1 aromatic heterocycles. The van der Waals surface area contributed by atoms with E-state index < -0.39 is 0 Å². The number of piperidine rings is 1. The lowest BCUT2D eigenvalue weighted by atomic mass is 10.0. The van der Waals surface area contributed by atoms with Crippen molar-refractivity contribution in [2.24, 2.45) is 0 Å². The highest BCUT2D eigenvalue weighted by atomic mass is 35.5. The normalized spacial score (nSPS) is 18.9. The number of rotatable bonds is 4. The van der Waals surface area contributed by atoms with Gasteiger partial charge in [-0.1, -0.05) is 18.5 Å². The monoisotopic (exact) mass is 295 g/mol. The van der Waals surface area contributed by atoms with E-state index in [-0.39, 0.29) is 11.9 Å². The molecule has 0 aromatic carbocycles. The topological polar surface area (TPSA) is 45.2 Å². The maximum atomic E-state index is 12.6. The van der Waals surface area contributed by atoms with Gasteiger partial charge in [0.1, 0.15) is 5.82 Å². The molecule has 4 nitrogen and oxygen atoms in total. The Hall–Kier alpha value is -1.29. The molecular weight excluding hydrogens is 274 g/mol. The molecular formula is C15H22ClN3O. The molecule has 1 N–H and O–H groups in total. The summed E-state index contributed by atoms with van der Waals surface area (Å²) in [5.41, 5.74) is 0.550. The van der Waals surface area contributed by atoms with Crippen LogP contribution in [0.15, 0.2) is 12.3 Å². The third-order valence-corrected chi connectivity index (χ3v) is 4.01. The van der Waals surface area contributed by atoms with E-state index in [2.05, 4.69) is 24.1 Å². The van der Waals surface area contributed by atoms with Crippen molar-refractivity contribution in [3.63, 3.8) is 0 Å². The van der Waals surface area contributed by atoms with E-state index in [0.29, 0.717) is 16.4 Å². The van der Waals surface area contributed by atoms with Gasteiger partial charge in [-0.3, -0.25) is 4.79 Å². The van der Waals surface area contributed by atoms with Gasteiger partial charge in [0.25, 0.3) is 5.91 Å². The second-order valence-electron chi connectivity index (χ2n) is 5.32. The lowest BCUT2D eigenvalue weighted by Gasteiger charge is -2.33. The summed E-state index contributed by atoms with van der Waals surface area (Å²) in [5.74, 6) is 0.730. The molecule has 110 valence electrons. The van der Waals surface area contributed by atoms with Gasteiger partial charge in [-0.25, -0.2) is 4.98 Å². The molecule has 1 saturated heterocycles. The van der Waals surface area contributed by atoms with Crippen LogP contribution < -0.4 is 5.32 Å². The minimum absolute atomic E-state index is 0.0177. The Morgan fingerprint density at radius 1 is 1.55 bits per heavy atom. The number of halogens is 1. The predicted molar refractivity (Wildman–Crippen MR) is 82.4 cm³/mol. The summed E-state index contributed by atoms with van der Waals surface area (Å²) < 4.78 is 0. The van der Waals surface area contributed by atoms with Crippen molar-refractivity contribution in [2.45, 2.75) is 45.6 Å². The van der Waals surface area contributed by atoms with E-state index in [1.54, 1.807) is 12.3 Å². The van der Waals surface area contributed by atoms with Crippen molar-refractivity contribution >= 4 is 23.3 Å². The number of hydrogen-bond donors (Lipinski definition) is 1. The lowest BCUT2D eigenvalue weighted by Crippen LogP contribution is -2.42. The van der Waals surface area contributed by atoms with Crippen molar-refractivity contribution < 1.29 is 4.79 Å². The Morgan fingerprint density at radius 3 is 3.05 bits per heavy atom. The van der Waals surface area contributed by atoms with Gasteiger partial charge in [0.05, 0.1) is 10.6 Å². The van der Waals surface area contributed by atoms with Crippen LogP contribution >= 0.6 is 11.6 Å². The van der Waals surface area contributed by atoms with Crippen LogP contribution in [0.25, 0.3) is 0 Å². The van der Waals surface area contributed by atoms with Crippen LogP contribution in [0.5, 0.6) is 0 Å². The summed E-state index contributed by atoms with van der Waals surface area (Å²) in [6, 6.07) is 2.05. The fourth-order valence-electron chi connectivity index (χ4n) is 2.51. The first-order valence-corrected chi connectivity index (χ1v) is 7.71. The average molecular weight is 296 g/mol. The number of anilines is 1. The third kappa shape index (κ3) is 3.42. The minimum Gasteiger partial charge on any atom is -0.370 e. The molecule has 2 heterocycles. The molecule has 0 radical (unpaired) electrons. The van der Waals surface area contributed by atoms with Gasteiger partial charge in [0.15, 0.2) is 0 Å². The number of carbonyl (C=O) groups is 1. The van der Waals surface area contributed by atoms with Crippen LogP contribution in [-0.2, 0) is 0 Å². The van der Waals surface area contributed by atoms with Crippen molar-refractivity contribution in [3.05, 3.63) is 22.8 Å². The number of pyridine rings is 1. The fraction of sp³-hybridized carbons (Fsp3) is 0.600. The number of carbonyl (C=O) groups excluding carboxylic acids is 1. The molecule has 1 amide bonds. The molecule has 1 aliphatic heterocycles. The first-order valence-electron chi connectivity index (χ1n) is 7.34. The number of likely N-dealkylation sites (tertiary alicyclic amines) is 1. The molecule has 1 aliphatic rings. The number of nitrogens with one attached hydrogen (secondary N) is 1. The van der Waals surface area contributed by atoms with Crippen molar-refractivity contribution in [1.29, 1.82) is 0 Å². The zero-order chi connectivity index (χ0) is 14.5. The van der Waals surface area contributed by atoms with Crippen LogP contribution in [0.2, 0.25) is 5.02 Å². The van der Waals surface area contributed by atoms with E-state index >= 15 is 0 Å². The molecule has 0 aliphatic carbocycles. The summed E-state index contributed by atoms with van der Waals surface area (Å²) in [7, 11) is 0. The van der Waals surface area contributed by atoms with E-state index in [1.165, 1.54) is 6.42 Å². The molecule has 1 aromatic rings. The Bertz CT molecular complexity index is 478. The van der Waals surface area contributed by atoms with Crippen LogP contribution in [0.4, 0.5) is 5.82 Å². The Labute approximate surface area is 125 Å². The first kappa shape index (κ1) is 15.1. The maximum absolute atomic E-state index is 12.6. The second-order valence-corrected chi connectivity index (χ2v) is 5.73. The second kappa shape index (κ2) is 6.93. The summed E-state index contributed by atoms with van der Waals surface area (Å²) in [5, 5.41) is 3.62. The molecule has 1 fully saturated rings. The van der Waals surface area contributed by atoms with E-state index in [0.717, 1.165) is 32.4 Å². The summed E-state index contributed by atoms with van der Waals surface area (Å²) in [6.45, 7) is 5.84. The van der Waals surface area contributed by atoms with E-state index in [1.807, 2.05) is 4.90 Å². The van der Waals surface area contributed by atoms with Crippen molar-refractivity contribution in [1.82, 2.24) is 9.88 Å². The van der Waals surface area contributed by atoms with Crippen LogP contribution in [0.1, 0.15) is 49.9 Å². The first-order chi connectivity index (χ1) is 9.63. The molecule has 1 atom stereocenters.